The summed E-state index contributed by atoms with van der Waals surface area (Å²) in [5.74, 6) is -0.202. The highest BCUT2D eigenvalue weighted by Gasteiger charge is 2.12. The van der Waals surface area contributed by atoms with Crippen molar-refractivity contribution in [3.63, 3.8) is 0 Å². The summed E-state index contributed by atoms with van der Waals surface area (Å²) in [7, 11) is 1.85. The van der Waals surface area contributed by atoms with Gasteiger partial charge in [-0.1, -0.05) is 18.2 Å². The lowest BCUT2D eigenvalue weighted by atomic mass is 9.97. The second-order valence-corrected chi connectivity index (χ2v) is 3.57. The van der Waals surface area contributed by atoms with Crippen LogP contribution in [0.2, 0.25) is 0 Å². The Hall–Kier alpha value is -1.15. The molecule has 1 unspecified atom stereocenters. The second kappa shape index (κ2) is 4.38. The first kappa shape index (κ1) is 10.9. The van der Waals surface area contributed by atoms with Gasteiger partial charge in [-0.2, -0.15) is 0 Å². The molecule has 1 aromatic rings. The molecular formula is C12H16FN. The van der Waals surface area contributed by atoms with Gasteiger partial charge in [-0.25, -0.2) is 4.39 Å². The molecule has 1 nitrogen and oxygen atoms in total. The van der Waals surface area contributed by atoms with Crippen molar-refractivity contribution >= 4 is 0 Å². The molecule has 1 rings (SSSR count). The Morgan fingerprint density at radius 3 is 2.64 bits per heavy atom. The van der Waals surface area contributed by atoms with Crippen molar-refractivity contribution in [1.82, 2.24) is 5.32 Å². The highest BCUT2D eigenvalue weighted by molar-refractivity contribution is 5.33. The summed E-state index contributed by atoms with van der Waals surface area (Å²) >= 11 is 0. The molecule has 0 amide bonds. The first-order chi connectivity index (χ1) is 6.56. The van der Waals surface area contributed by atoms with E-state index in [0.29, 0.717) is 0 Å². The van der Waals surface area contributed by atoms with Crippen molar-refractivity contribution in [2.45, 2.75) is 19.9 Å². The Bertz CT molecular complexity index is 344. The normalized spacial score (nSPS) is 12.6. The van der Waals surface area contributed by atoms with E-state index >= 15 is 0 Å². The average molecular weight is 193 g/mol. The smallest absolute Gasteiger partial charge is 0.123 e. The van der Waals surface area contributed by atoms with E-state index in [9.17, 15) is 4.39 Å². The van der Waals surface area contributed by atoms with Gasteiger partial charge < -0.3 is 5.32 Å². The molecule has 0 heterocycles. The van der Waals surface area contributed by atoms with E-state index in [2.05, 4.69) is 11.9 Å². The zero-order chi connectivity index (χ0) is 10.7. The molecule has 0 aliphatic rings. The molecule has 0 aromatic heterocycles. The molecule has 0 spiro atoms. The maximum absolute atomic E-state index is 13.0. The maximum atomic E-state index is 13.0. The molecule has 0 saturated heterocycles. The molecule has 1 aromatic carbocycles. The zero-order valence-electron chi connectivity index (χ0n) is 8.89. The van der Waals surface area contributed by atoms with E-state index in [4.69, 9.17) is 0 Å². The van der Waals surface area contributed by atoms with Crippen molar-refractivity contribution in [3.8, 4) is 0 Å². The van der Waals surface area contributed by atoms with Gasteiger partial charge in [0, 0.05) is 0 Å². The molecule has 1 atom stereocenters. The van der Waals surface area contributed by atoms with E-state index in [1.54, 1.807) is 12.1 Å². The van der Waals surface area contributed by atoms with Gasteiger partial charge >= 0.3 is 0 Å². The number of nitrogens with one attached hydrogen (secondary N) is 1. The van der Waals surface area contributed by atoms with Crippen LogP contribution in [0, 0.1) is 12.7 Å². The quantitative estimate of drug-likeness (QED) is 0.728. The van der Waals surface area contributed by atoms with Crippen LogP contribution in [0.3, 0.4) is 0 Å². The van der Waals surface area contributed by atoms with Crippen molar-refractivity contribution in [2.24, 2.45) is 0 Å². The largest absolute Gasteiger partial charge is 0.310 e. The lowest BCUT2D eigenvalue weighted by Gasteiger charge is -2.18. The van der Waals surface area contributed by atoms with Crippen LogP contribution in [0.4, 0.5) is 4.39 Å². The van der Waals surface area contributed by atoms with Crippen molar-refractivity contribution in [3.05, 3.63) is 47.3 Å². The number of likely N-dealkylation sites (N-methyl/N-ethyl adjacent to an activating group) is 1. The van der Waals surface area contributed by atoms with Crippen LogP contribution in [0.25, 0.3) is 0 Å². The molecular weight excluding hydrogens is 177 g/mol. The highest BCUT2D eigenvalue weighted by Crippen LogP contribution is 2.23. The molecule has 0 aliphatic carbocycles. The fourth-order valence-electron chi connectivity index (χ4n) is 1.59. The third-order valence-electron chi connectivity index (χ3n) is 2.33. The van der Waals surface area contributed by atoms with Gasteiger partial charge in [-0.3, -0.25) is 0 Å². The van der Waals surface area contributed by atoms with Gasteiger partial charge in [-0.05, 0) is 44.2 Å². The van der Waals surface area contributed by atoms with E-state index in [1.165, 1.54) is 6.07 Å². The number of hydrogen-bond acceptors (Lipinski definition) is 1. The predicted molar refractivity (Wildman–Crippen MR) is 57.8 cm³/mol. The molecule has 0 fully saturated rings. The summed E-state index contributed by atoms with van der Waals surface area (Å²) in [6.45, 7) is 7.80. The van der Waals surface area contributed by atoms with Gasteiger partial charge in [0.25, 0.3) is 0 Å². The minimum atomic E-state index is -0.202. The second-order valence-electron chi connectivity index (χ2n) is 3.57. The standard InChI is InChI=1S/C12H16FN/c1-8(2)12(14-4)11-7-10(13)6-5-9(11)3/h5-7,12,14H,1H2,2-4H3. The molecule has 14 heavy (non-hydrogen) atoms. The minimum absolute atomic E-state index is 0.0331. The molecule has 0 bridgehead atoms. The van der Waals surface area contributed by atoms with Gasteiger partial charge in [0.05, 0.1) is 6.04 Å². The topological polar surface area (TPSA) is 12.0 Å². The Labute approximate surface area is 84.6 Å². The number of rotatable bonds is 3. The Balaban J connectivity index is 3.15. The van der Waals surface area contributed by atoms with E-state index < -0.39 is 0 Å². The van der Waals surface area contributed by atoms with Crippen LogP contribution in [-0.4, -0.2) is 7.05 Å². The summed E-state index contributed by atoms with van der Waals surface area (Å²) in [5, 5.41) is 3.12. The van der Waals surface area contributed by atoms with Crippen molar-refractivity contribution in [2.75, 3.05) is 7.05 Å². The Kier molecular flexibility index (Phi) is 3.42. The van der Waals surface area contributed by atoms with Crippen LogP contribution in [0.5, 0.6) is 0 Å². The summed E-state index contributed by atoms with van der Waals surface area (Å²) in [6, 6.07) is 4.86. The SMILES string of the molecule is C=C(C)C(NC)c1cc(F)ccc1C. The summed E-state index contributed by atoms with van der Waals surface area (Å²) in [4.78, 5) is 0. The third-order valence-corrected chi connectivity index (χ3v) is 2.33. The molecule has 0 radical (unpaired) electrons. The fraction of sp³-hybridized carbons (Fsp3) is 0.333. The molecule has 0 aliphatic heterocycles. The summed E-state index contributed by atoms with van der Waals surface area (Å²) in [6.07, 6.45) is 0. The van der Waals surface area contributed by atoms with Crippen molar-refractivity contribution < 1.29 is 4.39 Å². The first-order valence-corrected chi connectivity index (χ1v) is 4.65. The lowest BCUT2D eigenvalue weighted by molar-refractivity contribution is 0.613. The fourth-order valence-corrected chi connectivity index (χ4v) is 1.59. The summed E-state index contributed by atoms with van der Waals surface area (Å²) in [5.41, 5.74) is 3.02. The number of hydrogen-bond donors (Lipinski definition) is 1. The third kappa shape index (κ3) is 2.20. The van der Waals surface area contributed by atoms with E-state index in [1.807, 2.05) is 20.9 Å². The highest BCUT2D eigenvalue weighted by atomic mass is 19.1. The van der Waals surface area contributed by atoms with E-state index in [-0.39, 0.29) is 11.9 Å². The van der Waals surface area contributed by atoms with Gasteiger partial charge in [-0.15, -0.1) is 0 Å². The molecule has 1 N–H and O–H groups in total. The molecule has 2 heteroatoms. The Morgan fingerprint density at radius 1 is 1.50 bits per heavy atom. The zero-order valence-corrected chi connectivity index (χ0v) is 8.89. The Morgan fingerprint density at radius 2 is 2.14 bits per heavy atom. The monoisotopic (exact) mass is 193 g/mol. The number of halogens is 1. The predicted octanol–water partition coefficient (Wildman–Crippen LogP) is 2.97. The lowest BCUT2D eigenvalue weighted by Crippen LogP contribution is -2.18. The maximum Gasteiger partial charge on any atom is 0.123 e. The summed E-state index contributed by atoms with van der Waals surface area (Å²) < 4.78 is 13.0. The van der Waals surface area contributed by atoms with Crippen LogP contribution in [0.15, 0.2) is 30.4 Å². The van der Waals surface area contributed by atoms with Crippen LogP contribution >= 0.6 is 0 Å². The van der Waals surface area contributed by atoms with Crippen LogP contribution < -0.4 is 5.32 Å². The van der Waals surface area contributed by atoms with Crippen molar-refractivity contribution in [1.29, 1.82) is 0 Å². The van der Waals surface area contributed by atoms with E-state index in [0.717, 1.165) is 16.7 Å². The number of benzene rings is 1. The van der Waals surface area contributed by atoms with Gasteiger partial charge in [0.1, 0.15) is 5.82 Å². The average Bonchev–Trinajstić information content (AvgIpc) is 2.11. The molecule has 76 valence electrons. The van der Waals surface area contributed by atoms with Gasteiger partial charge in [0.15, 0.2) is 0 Å². The van der Waals surface area contributed by atoms with Gasteiger partial charge in [0.2, 0.25) is 0 Å². The number of aryl methyl sites for hydroxylation is 1. The van der Waals surface area contributed by atoms with Crippen LogP contribution in [-0.2, 0) is 0 Å². The minimum Gasteiger partial charge on any atom is -0.310 e. The first-order valence-electron chi connectivity index (χ1n) is 4.65. The van der Waals surface area contributed by atoms with Crippen LogP contribution in [0.1, 0.15) is 24.1 Å². The molecule has 0 saturated carbocycles.